The third-order valence-electron chi connectivity index (χ3n) is 3.39. The summed E-state index contributed by atoms with van der Waals surface area (Å²) < 4.78 is 1.13. The Bertz CT molecular complexity index is 367. The van der Waals surface area contributed by atoms with Gasteiger partial charge < -0.3 is 5.11 Å². The molecule has 88 valence electrons. The lowest BCUT2D eigenvalue weighted by atomic mass is 10.1. The van der Waals surface area contributed by atoms with Crippen LogP contribution in [0.5, 0.6) is 0 Å². The molecule has 0 saturated carbocycles. The van der Waals surface area contributed by atoms with Crippen molar-refractivity contribution in [3.8, 4) is 0 Å². The number of aliphatic hydroxyl groups excluding tert-OH is 1. The van der Waals surface area contributed by atoms with E-state index in [1.165, 1.54) is 17.5 Å². The van der Waals surface area contributed by atoms with E-state index in [1.807, 2.05) is 0 Å². The molecule has 1 fully saturated rings. The van der Waals surface area contributed by atoms with Gasteiger partial charge in [0.2, 0.25) is 0 Å². The van der Waals surface area contributed by atoms with Crippen LogP contribution in [0.15, 0.2) is 22.7 Å². The number of benzene rings is 1. The summed E-state index contributed by atoms with van der Waals surface area (Å²) in [6.45, 7) is 4.50. The summed E-state index contributed by atoms with van der Waals surface area (Å²) in [5.41, 5.74) is 2.68. The fourth-order valence-corrected chi connectivity index (χ4v) is 2.84. The number of likely N-dealkylation sites (tertiary alicyclic amines) is 1. The quantitative estimate of drug-likeness (QED) is 0.922. The Morgan fingerprint density at radius 2 is 2.31 bits per heavy atom. The monoisotopic (exact) mass is 283 g/mol. The fraction of sp³-hybridized carbons (Fsp3) is 0.538. The van der Waals surface area contributed by atoms with E-state index in [1.54, 1.807) is 0 Å². The molecule has 0 aliphatic carbocycles. The Morgan fingerprint density at radius 3 is 3.00 bits per heavy atom. The van der Waals surface area contributed by atoms with Gasteiger partial charge in [-0.2, -0.15) is 0 Å². The highest BCUT2D eigenvalue weighted by Gasteiger charge is 2.23. The Kier molecular flexibility index (Phi) is 4.00. The minimum atomic E-state index is 0.287. The molecule has 2 rings (SSSR count). The lowest BCUT2D eigenvalue weighted by Gasteiger charge is -2.23. The summed E-state index contributed by atoms with van der Waals surface area (Å²) in [4.78, 5) is 2.39. The lowest BCUT2D eigenvalue weighted by molar-refractivity contribution is 0.153. The Balaban J connectivity index is 2.08. The minimum Gasteiger partial charge on any atom is -0.395 e. The first-order valence-electron chi connectivity index (χ1n) is 5.80. The normalized spacial score (nSPS) is 21.6. The highest BCUT2D eigenvalue weighted by molar-refractivity contribution is 9.10. The van der Waals surface area contributed by atoms with Crippen LogP contribution in [0.3, 0.4) is 0 Å². The molecule has 0 bridgehead atoms. The highest BCUT2D eigenvalue weighted by Crippen LogP contribution is 2.22. The molecule has 1 atom stereocenters. The van der Waals surface area contributed by atoms with Crippen molar-refractivity contribution in [2.75, 3.05) is 13.2 Å². The second kappa shape index (κ2) is 5.30. The van der Waals surface area contributed by atoms with E-state index in [0.717, 1.165) is 24.0 Å². The fourth-order valence-electron chi connectivity index (χ4n) is 2.37. The number of nitrogens with zero attached hydrogens (tertiary/aromatic N) is 1. The average Bonchev–Trinajstić information content (AvgIpc) is 2.69. The molecular formula is C13H18BrNO. The van der Waals surface area contributed by atoms with Crippen LogP contribution in [-0.4, -0.2) is 29.2 Å². The van der Waals surface area contributed by atoms with E-state index in [2.05, 4.69) is 46.0 Å². The minimum absolute atomic E-state index is 0.287. The first-order valence-corrected chi connectivity index (χ1v) is 6.60. The van der Waals surface area contributed by atoms with E-state index in [4.69, 9.17) is 0 Å². The zero-order chi connectivity index (χ0) is 11.5. The number of aryl methyl sites for hydroxylation is 1. The summed E-state index contributed by atoms with van der Waals surface area (Å²) >= 11 is 3.48. The van der Waals surface area contributed by atoms with Gasteiger partial charge in [0.25, 0.3) is 0 Å². The summed E-state index contributed by atoms with van der Waals surface area (Å²) in [6, 6.07) is 6.78. The SMILES string of the molecule is Cc1cc(Br)ccc1CN1CCCC1CO. The molecule has 1 aliphatic heterocycles. The van der Waals surface area contributed by atoms with Crippen LogP contribution in [0.2, 0.25) is 0 Å². The number of hydrogen-bond acceptors (Lipinski definition) is 2. The van der Waals surface area contributed by atoms with Gasteiger partial charge in [-0.05, 0) is 49.6 Å². The zero-order valence-corrected chi connectivity index (χ0v) is 11.2. The standard InChI is InChI=1S/C13H18BrNO/c1-10-7-12(14)5-4-11(10)8-15-6-2-3-13(15)9-16/h4-5,7,13,16H,2-3,6,8-9H2,1H3. The molecule has 0 aromatic heterocycles. The molecule has 3 heteroatoms. The first kappa shape index (κ1) is 12.1. The Morgan fingerprint density at radius 1 is 1.50 bits per heavy atom. The average molecular weight is 284 g/mol. The number of aliphatic hydroxyl groups is 1. The van der Waals surface area contributed by atoms with E-state index >= 15 is 0 Å². The summed E-state index contributed by atoms with van der Waals surface area (Å²) in [5, 5.41) is 9.28. The van der Waals surface area contributed by atoms with Crippen molar-refractivity contribution in [1.82, 2.24) is 4.90 Å². The van der Waals surface area contributed by atoms with Gasteiger partial charge in [0.05, 0.1) is 6.61 Å². The van der Waals surface area contributed by atoms with E-state index < -0.39 is 0 Å². The number of rotatable bonds is 3. The molecule has 16 heavy (non-hydrogen) atoms. The molecule has 1 aliphatic rings. The van der Waals surface area contributed by atoms with Crippen LogP contribution in [0.4, 0.5) is 0 Å². The highest BCUT2D eigenvalue weighted by atomic mass is 79.9. The summed E-state index contributed by atoms with van der Waals surface area (Å²) in [5.74, 6) is 0. The topological polar surface area (TPSA) is 23.5 Å². The molecule has 1 unspecified atom stereocenters. The van der Waals surface area contributed by atoms with Crippen LogP contribution in [-0.2, 0) is 6.54 Å². The molecule has 1 aromatic carbocycles. The van der Waals surface area contributed by atoms with Gasteiger partial charge in [0.1, 0.15) is 0 Å². The van der Waals surface area contributed by atoms with E-state index in [-0.39, 0.29) is 6.61 Å². The maximum atomic E-state index is 9.28. The van der Waals surface area contributed by atoms with Gasteiger partial charge in [0, 0.05) is 17.1 Å². The lowest BCUT2D eigenvalue weighted by Crippen LogP contribution is -2.31. The molecular weight excluding hydrogens is 266 g/mol. The van der Waals surface area contributed by atoms with Crippen molar-refractivity contribution in [2.45, 2.75) is 32.4 Å². The third-order valence-corrected chi connectivity index (χ3v) is 3.88. The van der Waals surface area contributed by atoms with Crippen molar-refractivity contribution in [3.63, 3.8) is 0 Å². The maximum absolute atomic E-state index is 9.28. The summed E-state index contributed by atoms with van der Waals surface area (Å²) in [7, 11) is 0. The molecule has 1 heterocycles. The molecule has 0 radical (unpaired) electrons. The zero-order valence-electron chi connectivity index (χ0n) is 9.62. The Labute approximate surface area is 105 Å². The van der Waals surface area contributed by atoms with Crippen LogP contribution in [0, 0.1) is 6.92 Å². The van der Waals surface area contributed by atoms with Crippen molar-refractivity contribution in [1.29, 1.82) is 0 Å². The van der Waals surface area contributed by atoms with Gasteiger partial charge in [-0.1, -0.05) is 22.0 Å². The second-order valence-corrected chi connectivity index (χ2v) is 5.44. The van der Waals surface area contributed by atoms with Crippen LogP contribution in [0.25, 0.3) is 0 Å². The van der Waals surface area contributed by atoms with Crippen molar-refractivity contribution >= 4 is 15.9 Å². The molecule has 0 amide bonds. The van der Waals surface area contributed by atoms with Gasteiger partial charge in [0.15, 0.2) is 0 Å². The molecule has 2 nitrogen and oxygen atoms in total. The van der Waals surface area contributed by atoms with Gasteiger partial charge in [-0.3, -0.25) is 4.90 Å². The van der Waals surface area contributed by atoms with E-state index in [0.29, 0.717) is 6.04 Å². The molecule has 1 saturated heterocycles. The largest absolute Gasteiger partial charge is 0.395 e. The molecule has 0 spiro atoms. The Hall–Kier alpha value is -0.380. The van der Waals surface area contributed by atoms with Crippen molar-refractivity contribution < 1.29 is 5.11 Å². The predicted octanol–water partition coefficient (Wildman–Crippen LogP) is 2.71. The maximum Gasteiger partial charge on any atom is 0.0587 e. The molecule has 1 aromatic rings. The van der Waals surface area contributed by atoms with Crippen LogP contribution < -0.4 is 0 Å². The van der Waals surface area contributed by atoms with Gasteiger partial charge in [-0.15, -0.1) is 0 Å². The van der Waals surface area contributed by atoms with Crippen LogP contribution >= 0.6 is 15.9 Å². The van der Waals surface area contributed by atoms with Gasteiger partial charge in [-0.25, -0.2) is 0 Å². The second-order valence-electron chi connectivity index (χ2n) is 4.52. The number of hydrogen-bond donors (Lipinski definition) is 1. The van der Waals surface area contributed by atoms with Crippen molar-refractivity contribution in [2.24, 2.45) is 0 Å². The predicted molar refractivity (Wildman–Crippen MR) is 69.4 cm³/mol. The van der Waals surface area contributed by atoms with E-state index in [9.17, 15) is 5.11 Å². The molecule has 1 N–H and O–H groups in total. The first-order chi connectivity index (χ1) is 7.70. The van der Waals surface area contributed by atoms with Crippen molar-refractivity contribution in [3.05, 3.63) is 33.8 Å². The summed E-state index contributed by atoms with van der Waals surface area (Å²) in [6.07, 6.45) is 2.34. The van der Waals surface area contributed by atoms with Gasteiger partial charge >= 0.3 is 0 Å². The smallest absolute Gasteiger partial charge is 0.0587 e. The third kappa shape index (κ3) is 2.65. The number of halogens is 1. The van der Waals surface area contributed by atoms with Crippen LogP contribution in [0.1, 0.15) is 24.0 Å².